The minimum absolute atomic E-state index is 1.06. The first-order valence-electron chi connectivity index (χ1n) is 4.78. The molecule has 0 bridgehead atoms. The zero-order valence-corrected chi connectivity index (χ0v) is 10.2. The maximum atomic E-state index is 3.44. The zero-order chi connectivity index (χ0) is 8.53. The number of nitrogens with one attached hydrogen (secondary N) is 1. The highest BCUT2D eigenvalue weighted by molar-refractivity contribution is 6.08. The Labute approximate surface area is 73.8 Å². The molecule has 0 aromatic rings. The van der Waals surface area contributed by atoms with Gasteiger partial charge in [-0.15, -0.1) is 0 Å². The van der Waals surface area contributed by atoms with Gasteiger partial charge in [-0.1, -0.05) is 19.9 Å². The summed E-state index contributed by atoms with van der Waals surface area (Å²) in [6.45, 7) is 8.99. The number of nitrogens with zero attached hydrogens (tertiary/aromatic N) is 1. The molecule has 0 fully saturated rings. The summed E-state index contributed by atoms with van der Waals surface area (Å²) in [6, 6.07) is 1.42. The van der Waals surface area contributed by atoms with Gasteiger partial charge in [-0.2, -0.15) is 0 Å². The third-order valence-electron chi connectivity index (χ3n) is 1.94. The largest absolute Gasteiger partial charge is 0.304 e. The summed E-state index contributed by atoms with van der Waals surface area (Å²) in [7, 11) is 1.35. The number of rotatable bonds is 7. The summed E-state index contributed by atoms with van der Waals surface area (Å²) in [5.41, 5.74) is 0. The molecule has 0 aromatic carbocycles. The average molecular weight is 174 g/mol. The van der Waals surface area contributed by atoms with Crippen molar-refractivity contribution in [3.8, 4) is 0 Å². The number of hydrogen-bond donors (Lipinski definition) is 1. The van der Waals surface area contributed by atoms with Crippen LogP contribution in [0.25, 0.3) is 0 Å². The Kier molecular flexibility index (Phi) is 8.34. The van der Waals surface area contributed by atoms with Crippen molar-refractivity contribution < 1.29 is 0 Å². The molecule has 0 unspecified atom stereocenters. The zero-order valence-electron chi connectivity index (χ0n) is 8.19. The van der Waals surface area contributed by atoms with Gasteiger partial charge in [0, 0.05) is 16.9 Å². The van der Waals surface area contributed by atoms with Crippen molar-refractivity contribution in [2.75, 3.05) is 26.3 Å². The smallest absolute Gasteiger partial charge is 0.0480 e. The summed E-state index contributed by atoms with van der Waals surface area (Å²) in [4.78, 5) is 2.40. The lowest BCUT2D eigenvalue weighted by Gasteiger charge is -2.18. The molecule has 3 heteroatoms. The second-order valence-electron chi connectivity index (χ2n) is 2.81. The molecule has 0 saturated heterocycles. The summed E-state index contributed by atoms with van der Waals surface area (Å²) in [5.74, 6) is 0. The Balaban J connectivity index is 3.07. The van der Waals surface area contributed by atoms with Gasteiger partial charge in [-0.3, -0.25) is 4.90 Å². The molecule has 0 spiro atoms. The molecule has 0 aliphatic heterocycles. The molecule has 0 radical (unpaired) electrons. The molecule has 0 saturated carbocycles. The summed E-state index contributed by atoms with van der Waals surface area (Å²) < 4.78 is 0. The van der Waals surface area contributed by atoms with Crippen molar-refractivity contribution in [2.24, 2.45) is 0 Å². The van der Waals surface area contributed by atoms with E-state index < -0.39 is 0 Å². The molecule has 68 valence electrons. The first-order valence-corrected chi connectivity index (χ1v) is 6.19. The molecule has 0 amide bonds. The van der Waals surface area contributed by atoms with E-state index in [1.807, 2.05) is 0 Å². The Morgan fingerprint density at radius 1 is 1.27 bits per heavy atom. The molecule has 0 heterocycles. The highest BCUT2D eigenvalue weighted by atomic mass is 28.1. The topological polar surface area (TPSA) is 15.3 Å². The monoisotopic (exact) mass is 174 g/mol. The van der Waals surface area contributed by atoms with Crippen molar-refractivity contribution in [3.05, 3.63) is 0 Å². The lowest BCUT2D eigenvalue weighted by molar-refractivity contribution is 0.279. The van der Waals surface area contributed by atoms with Crippen molar-refractivity contribution in [1.29, 1.82) is 0 Å². The lowest BCUT2D eigenvalue weighted by Crippen LogP contribution is -2.34. The van der Waals surface area contributed by atoms with Gasteiger partial charge in [0.1, 0.15) is 0 Å². The Bertz CT molecular complexity index is 74.5. The van der Waals surface area contributed by atoms with E-state index >= 15 is 0 Å². The molecule has 0 rings (SSSR count). The van der Waals surface area contributed by atoms with Crippen LogP contribution >= 0.6 is 0 Å². The number of hydrogen-bond acceptors (Lipinski definition) is 2. The van der Waals surface area contributed by atoms with Crippen LogP contribution in [0.4, 0.5) is 0 Å². The van der Waals surface area contributed by atoms with E-state index in [1.165, 1.54) is 29.3 Å². The fraction of sp³-hybridized carbons (Fsp3) is 1.00. The summed E-state index contributed by atoms with van der Waals surface area (Å²) in [5, 5.41) is 3.44. The van der Waals surface area contributed by atoms with E-state index in [2.05, 4.69) is 24.1 Å². The quantitative estimate of drug-likeness (QED) is 0.333. The molecule has 11 heavy (non-hydrogen) atoms. The second-order valence-corrected chi connectivity index (χ2v) is 3.81. The molecule has 0 aromatic heterocycles. The highest BCUT2D eigenvalue weighted by Gasteiger charge is 1.95. The van der Waals surface area contributed by atoms with Crippen LogP contribution in [-0.2, 0) is 0 Å². The van der Waals surface area contributed by atoms with Crippen LogP contribution in [0, 0.1) is 0 Å². The van der Waals surface area contributed by atoms with E-state index in [0.717, 1.165) is 19.8 Å². The minimum Gasteiger partial charge on any atom is -0.304 e. The Morgan fingerprint density at radius 2 is 1.91 bits per heavy atom. The van der Waals surface area contributed by atoms with Crippen LogP contribution in [0.1, 0.15) is 20.3 Å². The van der Waals surface area contributed by atoms with E-state index in [1.54, 1.807) is 0 Å². The first-order chi connectivity index (χ1) is 5.35. The van der Waals surface area contributed by atoms with Gasteiger partial charge in [0.2, 0.25) is 0 Å². The highest BCUT2D eigenvalue weighted by Crippen LogP contribution is 1.84. The van der Waals surface area contributed by atoms with E-state index in [-0.39, 0.29) is 0 Å². The van der Waals surface area contributed by atoms with Gasteiger partial charge in [0.05, 0.1) is 0 Å². The minimum atomic E-state index is 1.06. The van der Waals surface area contributed by atoms with Gasteiger partial charge >= 0.3 is 0 Å². The fourth-order valence-corrected chi connectivity index (χ4v) is 1.34. The fourth-order valence-electron chi connectivity index (χ4n) is 0.986. The van der Waals surface area contributed by atoms with Crippen LogP contribution < -0.4 is 5.32 Å². The molecule has 0 aliphatic rings. The van der Waals surface area contributed by atoms with E-state index in [0.29, 0.717) is 0 Å². The first kappa shape index (κ1) is 11.1. The van der Waals surface area contributed by atoms with Gasteiger partial charge in [0.25, 0.3) is 0 Å². The third-order valence-corrected chi connectivity index (χ3v) is 2.64. The van der Waals surface area contributed by atoms with Crippen LogP contribution in [0.5, 0.6) is 0 Å². The molecular weight excluding hydrogens is 152 g/mol. The Morgan fingerprint density at radius 3 is 2.36 bits per heavy atom. The standard InChI is InChI=1S/C8H22N2Si/c1-3-10(4-2)8-9-6-5-7-11/h9H,3-8H2,1-2,11H3. The molecule has 1 N–H and O–H groups in total. The van der Waals surface area contributed by atoms with Crippen molar-refractivity contribution >= 4 is 10.2 Å². The average Bonchev–Trinajstić information content (AvgIpc) is 2.05. The normalized spacial score (nSPS) is 11.2. The molecular formula is C8H22N2Si. The van der Waals surface area contributed by atoms with E-state index in [4.69, 9.17) is 0 Å². The van der Waals surface area contributed by atoms with Gasteiger partial charge in [-0.05, 0) is 26.1 Å². The molecule has 0 atom stereocenters. The lowest BCUT2D eigenvalue weighted by atomic mass is 10.5. The van der Waals surface area contributed by atoms with Crippen LogP contribution in [0.2, 0.25) is 6.04 Å². The van der Waals surface area contributed by atoms with Gasteiger partial charge < -0.3 is 5.32 Å². The second kappa shape index (κ2) is 8.24. The van der Waals surface area contributed by atoms with Gasteiger partial charge in [-0.25, -0.2) is 0 Å². The van der Waals surface area contributed by atoms with Crippen molar-refractivity contribution in [3.63, 3.8) is 0 Å². The van der Waals surface area contributed by atoms with Crippen LogP contribution in [-0.4, -0.2) is 41.4 Å². The van der Waals surface area contributed by atoms with Crippen LogP contribution in [0.3, 0.4) is 0 Å². The summed E-state index contributed by atoms with van der Waals surface area (Å²) in [6.07, 6.45) is 1.35. The Hall–Kier alpha value is 0.137. The van der Waals surface area contributed by atoms with Gasteiger partial charge in [0.15, 0.2) is 0 Å². The maximum Gasteiger partial charge on any atom is 0.0480 e. The molecule has 0 aliphatic carbocycles. The predicted molar refractivity (Wildman–Crippen MR) is 55.2 cm³/mol. The van der Waals surface area contributed by atoms with Crippen LogP contribution in [0.15, 0.2) is 0 Å². The van der Waals surface area contributed by atoms with Crippen molar-refractivity contribution in [1.82, 2.24) is 10.2 Å². The van der Waals surface area contributed by atoms with Crippen molar-refractivity contribution in [2.45, 2.75) is 26.3 Å². The summed E-state index contributed by atoms with van der Waals surface area (Å²) >= 11 is 0. The third kappa shape index (κ3) is 6.53. The SMILES string of the molecule is CCN(CC)CNCCC[SiH3]. The predicted octanol–water partition coefficient (Wildman–Crippen LogP) is 0.0491. The maximum absolute atomic E-state index is 3.44. The van der Waals surface area contributed by atoms with E-state index in [9.17, 15) is 0 Å². The molecule has 2 nitrogen and oxygen atoms in total.